The molecule has 4 aromatic rings. The molecule has 0 N–H and O–H groups in total. The van der Waals surface area contributed by atoms with E-state index in [0.717, 1.165) is 22.5 Å². The van der Waals surface area contributed by atoms with E-state index < -0.39 is 0 Å². The van der Waals surface area contributed by atoms with Crippen LogP contribution in [0.4, 0.5) is 0 Å². The first-order chi connectivity index (χ1) is 13.3. The van der Waals surface area contributed by atoms with Crippen molar-refractivity contribution in [1.29, 1.82) is 0 Å². The lowest BCUT2D eigenvalue weighted by molar-refractivity contribution is 0.0745. The molecule has 0 unspecified atom stereocenters. The van der Waals surface area contributed by atoms with Crippen LogP contribution in [0.15, 0.2) is 72.5 Å². The lowest BCUT2D eigenvalue weighted by Gasteiger charge is -2.22. The first kappa shape index (κ1) is 17.3. The summed E-state index contributed by atoms with van der Waals surface area (Å²) in [5.41, 5.74) is 3.33. The third-order valence-electron chi connectivity index (χ3n) is 4.33. The molecule has 2 aromatic carbocycles. The van der Waals surface area contributed by atoms with Crippen LogP contribution in [0.5, 0.6) is 0 Å². The van der Waals surface area contributed by atoms with E-state index in [4.69, 9.17) is 0 Å². The van der Waals surface area contributed by atoms with Gasteiger partial charge in [-0.3, -0.25) is 14.8 Å². The van der Waals surface area contributed by atoms with Crippen LogP contribution >= 0.6 is 11.3 Å². The molecule has 0 aliphatic rings. The first-order valence-corrected chi connectivity index (χ1v) is 9.60. The van der Waals surface area contributed by atoms with Crippen molar-refractivity contribution < 1.29 is 4.79 Å². The van der Waals surface area contributed by atoms with E-state index >= 15 is 0 Å². The molecule has 5 nitrogen and oxygen atoms in total. The molecule has 1 amide bonds. The van der Waals surface area contributed by atoms with Gasteiger partial charge in [0.2, 0.25) is 0 Å². The minimum absolute atomic E-state index is 0.0197. The zero-order valence-corrected chi connectivity index (χ0v) is 15.5. The highest BCUT2D eigenvalue weighted by Crippen LogP contribution is 2.16. The zero-order valence-electron chi connectivity index (χ0n) is 14.7. The Balaban J connectivity index is 1.58. The Kier molecular flexibility index (Phi) is 5.16. The molecule has 0 bridgehead atoms. The lowest BCUT2D eigenvalue weighted by Crippen LogP contribution is -2.32. The summed E-state index contributed by atoms with van der Waals surface area (Å²) >= 11 is 1.56. The molecule has 0 spiro atoms. The molecule has 0 saturated heterocycles. The standard InChI is InChI=1S/C21H18N4OS/c26-21(17-6-7-18-19(14-17)23-10-9-22-18)25(15-20-24-11-13-27-20)12-8-16-4-2-1-3-5-16/h1-7,9-11,13-14H,8,12,15H2. The molecule has 27 heavy (non-hydrogen) atoms. The number of carbonyl (C=O) groups excluding carboxylic acids is 1. The summed E-state index contributed by atoms with van der Waals surface area (Å²) in [5, 5.41) is 2.86. The van der Waals surface area contributed by atoms with Crippen molar-refractivity contribution in [3.8, 4) is 0 Å². The predicted octanol–water partition coefficient (Wildman–Crippen LogP) is 3.97. The van der Waals surface area contributed by atoms with Crippen LogP contribution in [0.3, 0.4) is 0 Å². The molecule has 134 valence electrons. The number of fused-ring (bicyclic) bond motifs is 1. The summed E-state index contributed by atoms with van der Waals surface area (Å²) in [5.74, 6) is -0.0197. The van der Waals surface area contributed by atoms with Gasteiger partial charge in [-0.25, -0.2) is 4.98 Å². The molecular weight excluding hydrogens is 356 g/mol. The molecule has 0 aliphatic carbocycles. The van der Waals surface area contributed by atoms with Crippen molar-refractivity contribution >= 4 is 28.3 Å². The minimum Gasteiger partial charge on any atom is -0.332 e. The third-order valence-corrected chi connectivity index (χ3v) is 5.09. The second-order valence-corrected chi connectivity index (χ2v) is 7.13. The second-order valence-electron chi connectivity index (χ2n) is 6.15. The fourth-order valence-corrected chi connectivity index (χ4v) is 3.57. The maximum Gasteiger partial charge on any atom is 0.254 e. The van der Waals surface area contributed by atoms with Crippen molar-refractivity contribution in [3.05, 3.63) is 88.6 Å². The van der Waals surface area contributed by atoms with E-state index in [0.29, 0.717) is 18.7 Å². The van der Waals surface area contributed by atoms with E-state index in [1.54, 1.807) is 29.9 Å². The topological polar surface area (TPSA) is 59.0 Å². The van der Waals surface area contributed by atoms with Crippen molar-refractivity contribution in [1.82, 2.24) is 19.9 Å². The predicted molar refractivity (Wildman–Crippen MR) is 107 cm³/mol. The number of nitrogens with zero attached hydrogens (tertiary/aromatic N) is 4. The van der Waals surface area contributed by atoms with Gasteiger partial charge in [-0.1, -0.05) is 30.3 Å². The van der Waals surface area contributed by atoms with Crippen LogP contribution in [0, 0.1) is 0 Å². The summed E-state index contributed by atoms with van der Waals surface area (Å²) in [4.78, 5) is 28.0. The summed E-state index contributed by atoms with van der Waals surface area (Å²) in [7, 11) is 0. The van der Waals surface area contributed by atoms with Crippen molar-refractivity contribution in [2.45, 2.75) is 13.0 Å². The van der Waals surface area contributed by atoms with Crippen molar-refractivity contribution in [2.24, 2.45) is 0 Å². The number of benzene rings is 2. The highest BCUT2D eigenvalue weighted by molar-refractivity contribution is 7.09. The zero-order chi connectivity index (χ0) is 18.5. The second kappa shape index (κ2) is 8.05. The van der Waals surface area contributed by atoms with Gasteiger partial charge in [0.15, 0.2) is 0 Å². The average molecular weight is 374 g/mol. The van der Waals surface area contributed by atoms with E-state index in [1.807, 2.05) is 46.7 Å². The van der Waals surface area contributed by atoms with Crippen LogP contribution < -0.4 is 0 Å². The molecule has 0 atom stereocenters. The van der Waals surface area contributed by atoms with Crippen LogP contribution in [0.25, 0.3) is 11.0 Å². The number of aromatic nitrogens is 3. The van der Waals surface area contributed by atoms with Crippen LogP contribution in [0.1, 0.15) is 20.9 Å². The van der Waals surface area contributed by atoms with Crippen molar-refractivity contribution in [3.63, 3.8) is 0 Å². The number of hydrogen-bond donors (Lipinski definition) is 0. The van der Waals surface area contributed by atoms with Gasteiger partial charge in [0.05, 0.1) is 17.6 Å². The van der Waals surface area contributed by atoms with Crippen LogP contribution in [-0.4, -0.2) is 32.3 Å². The van der Waals surface area contributed by atoms with E-state index in [2.05, 4.69) is 27.1 Å². The van der Waals surface area contributed by atoms with Gasteiger partial charge < -0.3 is 4.90 Å². The minimum atomic E-state index is -0.0197. The van der Waals surface area contributed by atoms with E-state index in [9.17, 15) is 4.79 Å². The van der Waals surface area contributed by atoms with Gasteiger partial charge in [0.1, 0.15) is 5.01 Å². The quantitative estimate of drug-likeness (QED) is 0.512. The Bertz CT molecular complexity index is 1030. The van der Waals surface area contributed by atoms with Gasteiger partial charge in [0, 0.05) is 36.1 Å². The number of amides is 1. The Morgan fingerprint density at radius 1 is 0.926 bits per heavy atom. The highest BCUT2D eigenvalue weighted by atomic mass is 32.1. The summed E-state index contributed by atoms with van der Waals surface area (Å²) in [6, 6.07) is 15.7. The number of rotatable bonds is 6. The Morgan fingerprint density at radius 3 is 2.52 bits per heavy atom. The van der Waals surface area contributed by atoms with Gasteiger partial charge in [-0.15, -0.1) is 11.3 Å². The van der Waals surface area contributed by atoms with Crippen LogP contribution in [-0.2, 0) is 13.0 Å². The largest absolute Gasteiger partial charge is 0.332 e. The SMILES string of the molecule is O=C(c1ccc2nccnc2c1)N(CCc1ccccc1)Cc1nccs1. The average Bonchev–Trinajstić information content (AvgIpc) is 3.24. The first-order valence-electron chi connectivity index (χ1n) is 8.72. The summed E-state index contributed by atoms with van der Waals surface area (Å²) < 4.78 is 0. The smallest absolute Gasteiger partial charge is 0.254 e. The Morgan fingerprint density at radius 2 is 1.74 bits per heavy atom. The molecule has 0 aliphatic heterocycles. The molecule has 2 heterocycles. The number of carbonyl (C=O) groups is 1. The van der Waals surface area contributed by atoms with Gasteiger partial charge in [-0.2, -0.15) is 0 Å². The van der Waals surface area contributed by atoms with Crippen molar-refractivity contribution in [2.75, 3.05) is 6.54 Å². The number of hydrogen-bond acceptors (Lipinski definition) is 5. The molecular formula is C21H18N4OS. The molecule has 6 heteroatoms. The Hall–Kier alpha value is -3.12. The summed E-state index contributed by atoms with van der Waals surface area (Å²) in [6.07, 6.45) is 5.86. The Labute approximate surface area is 161 Å². The molecule has 2 aromatic heterocycles. The molecule has 4 rings (SSSR count). The van der Waals surface area contributed by atoms with E-state index in [1.165, 1.54) is 5.56 Å². The molecule has 0 saturated carbocycles. The van der Waals surface area contributed by atoms with Gasteiger partial charge in [0.25, 0.3) is 5.91 Å². The van der Waals surface area contributed by atoms with Crippen LogP contribution in [0.2, 0.25) is 0 Å². The molecule has 0 radical (unpaired) electrons. The fraction of sp³-hybridized carbons (Fsp3) is 0.143. The normalized spacial score (nSPS) is 10.8. The molecule has 0 fully saturated rings. The lowest BCUT2D eigenvalue weighted by atomic mass is 10.1. The highest BCUT2D eigenvalue weighted by Gasteiger charge is 2.18. The third kappa shape index (κ3) is 4.17. The monoisotopic (exact) mass is 374 g/mol. The maximum atomic E-state index is 13.2. The van der Waals surface area contributed by atoms with E-state index in [-0.39, 0.29) is 5.91 Å². The van der Waals surface area contributed by atoms with Gasteiger partial charge >= 0.3 is 0 Å². The fourth-order valence-electron chi connectivity index (χ4n) is 2.93. The number of thiazole rings is 1. The van der Waals surface area contributed by atoms with Gasteiger partial charge in [-0.05, 0) is 30.2 Å². The maximum absolute atomic E-state index is 13.2. The summed E-state index contributed by atoms with van der Waals surface area (Å²) in [6.45, 7) is 1.13.